The topological polar surface area (TPSA) is 86.2 Å². The zero-order valence-corrected chi connectivity index (χ0v) is 24.1. The average Bonchev–Trinajstić information content (AvgIpc) is 3.25. The van der Waals surface area contributed by atoms with Gasteiger partial charge in [0.1, 0.15) is 17.2 Å². The Balaban J connectivity index is 1.34. The van der Waals surface area contributed by atoms with E-state index in [2.05, 4.69) is 9.88 Å². The smallest absolute Gasteiger partial charge is 0.410 e. The minimum atomic E-state index is -0.528. The van der Waals surface area contributed by atoms with Crippen LogP contribution in [0.15, 0.2) is 54.7 Å². The van der Waals surface area contributed by atoms with Crippen LogP contribution in [0, 0.1) is 5.92 Å². The molecule has 1 unspecified atom stereocenters. The number of ether oxygens (including phenoxy) is 1. The number of carbonyl (C=O) groups excluding carboxylic acids is 2. The van der Waals surface area contributed by atoms with E-state index >= 15 is 0 Å². The lowest BCUT2D eigenvalue weighted by Crippen LogP contribution is -2.50. The molecule has 0 saturated carbocycles. The molecule has 2 aliphatic rings. The van der Waals surface area contributed by atoms with Crippen LogP contribution in [0.3, 0.4) is 0 Å². The van der Waals surface area contributed by atoms with Gasteiger partial charge in [-0.3, -0.25) is 4.79 Å². The van der Waals surface area contributed by atoms with Crippen LogP contribution in [0.1, 0.15) is 34.1 Å². The third kappa shape index (κ3) is 5.72. The van der Waals surface area contributed by atoms with Crippen LogP contribution in [0.2, 0.25) is 5.02 Å². The van der Waals surface area contributed by atoms with Crippen molar-refractivity contribution in [1.29, 1.82) is 0 Å². The highest BCUT2D eigenvalue weighted by Gasteiger charge is 2.30. The van der Waals surface area contributed by atoms with Gasteiger partial charge in [0, 0.05) is 56.0 Å². The zero-order valence-electron chi connectivity index (χ0n) is 23.4. The molecule has 2 aromatic carbocycles. The molecule has 1 aromatic heterocycles. The van der Waals surface area contributed by atoms with Gasteiger partial charge in [-0.15, -0.1) is 0 Å². The lowest BCUT2D eigenvalue weighted by Gasteiger charge is -2.36. The van der Waals surface area contributed by atoms with Crippen molar-refractivity contribution in [2.24, 2.45) is 5.92 Å². The summed E-state index contributed by atoms with van der Waals surface area (Å²) in [5.74, 6) is 1.00. The lowest BCUT2D eigenvalue weighted by molar-refractivity contribution is -0.119. The molecule has 5 rings (SSSR count). The molecule has 8 nitrogen and oxygen atoms in total. The minimum Gasteiger partial charge on any atom is -0.507 e. The van der Waals surface area contributed by atoms with E-state index < -0.39 is 5.60 Å². The summed E-state index contributed by atoms with van der Waals surface area (Å²) in [4.78, 5) is 35.1. The number of pyridine rings is 1. The summed E-state index contributed by atoms with van der Waals surface area (Å²) in [6.07, 6.45) is 2.24. The number of halogens is 1. The molecule has 3 heterocycles. The Morgan fingerprint density at radius 2 is 1.68 bits per heavy atom. The first kappa shape index (κ1) is 27.8. The number of hydrogen-bond acceptors (Lipinski definition) is 6. The molecule has 1 atom stereocenters. The van der Waals surface area contributed by atoms with Crippen molar-refractivity contribution in [3.63, 3.8) is 0 Å². The highest BCUT2D eigenvalue weighted by molar-refractivity contribution is 6.34. The van der Waals surface area contributed by atoms with E-state index in [0.717, 1.165) is 23.4 Å². The SMILES string of the molecule is CC1CCN(c2ccc(-c3cccc(-c4ccnc(N5CCN(C(=O)OC(C)(C)C)CC5)c4)c3O)cc2Cl)C1=O. The largest absolute Gasteiger partial charge is 0.507 e. The third-order valence-electron chi connectivity index (χ3n) is 7.37. The number of phenols is 1. The van der Waals surface area contributed by atoms with Gasteiger partial charge >= 0.3 is 6.09 Å². The van der Waals surface area contributed by atoms with E-state index in [0.29, 0.717) is 54.6 Å². The normalized spacial score (nSPS) is 17.9. The molecule has 9 heteroatoms. The molecule has 0 aliphatic carbocycles. The number of phenolic OH excluding ortho intramolecular Hbond substituents is 1. The van der Waals surface area contributed by atoms with Crippen molar-refractivity contribution in [3.05, 3.63) is 59.8 Å². The summed E-state index contributed by atoms with van der Waals surface area (Å²) in [5.41, 5.74) is 3.09. The van der Waals surface area contributed by atoms with Gasteiger partial charge in [0.25, 0.3) is 0 Å². The first-order valence-electron chi connectivity index (χ1n) is 13.6. The second-order valence-corrected chi connectivity index (χ2v) is 11.8. The van der Waals surface area contributed by atoms with E-state index in [1.165, 1.54) is 0 Å². The molecular formula is C31H35ClN4O4. The van der Waals surface area contributed by atoms with E-state index in [-0.39, 0.29) is 23.7 Å². The van der Waals surface area contributed by atoms with Gasteiger partial charge < -0.3 is 24.5 Å². The highest BCUT2D eigenvalue weighted by Crippen LogP contribution is 2.41. The Morgan fingerprint density at radius 1 is 1.00 bits per heavy atom. The maximum Gasteiger partial charge on any atom is 0.410 e. The molecule has 0 bridgehead atoms. The van der Waals surface area contributed by atoms with E-state index in [1.807, 2.05) is 70.2 Å². The molecule has 2 saturated heterocycles. The van der Waals surface area contributed by atoms with Crippen LogP contribution < -0.4 is 9.80 Å². The summed E-state index contributed by atoms with van der Waals surface area (Å²) in [6.45, 7) is 10.5. The number of benzene rings is 2. The summed E-state index contributed by atoms with van der Waals surface area (Å²) in [5, 5.41) is 11.8. The van der Waals surface area contributed by atoms with Crippen LogP contribution in [0.5, 0.6) is 5.75 Å². The predicted molar refractivity (Wildman–Crippen MR) is 158 cm³/mol. The minimum absolute atomic E-state index is 0.00410. The van der Waals surface area contributed by atoms with Gasteiger partial charge in [0.2, 0.25) is 5.91 Å². The predicted octanol–water partition coefficient (Wildman–Crippen LogP) is 6.20. The van der Waals surface area contributed by atoms with E-state index in [4.69, 9.17) is 16.3 Å². The van der Waals surface area contributed by atoms with Crippen molar-refractivity contribution in [2.75, 3.05) is 42.5 Å². The molecule has 2 aliphatic heterocycles. The Kier molecular flexibility index (Phi) is 7.64. The first-order valence-corrected chi connectivity index (χ1v) is 14.0. The Labute approximate surface area is 240 Å². The molecule has 3 aromatic rings. The summed E-state index contributed by atoms with van der Waals surface area (Å²) >= 11 is 6.63. The second kappa shape index (κ2) is 11.0. The number of nitrogens with zero attached hydrogens (tertiary/aromatic N) is 4. The number of carbonyl (C=O) groups is 2. The Hall–Kier alpha value is -3.78. The van der Waals surface area contributed by atoms with Crippen LogP contribution in [-0.2, 0) is 9.53 Å². The number of para-hydroxylation sites is 1. The van der Waals surface area contributed by atoms with Gasteiger partial charge in [-0.1, -0.05) is 42.8 Å². The molecule has 210 valence electrons. The van der Waals surface area contributed by atoms with Crippen LogP contribution in [-0.4, -0.2) is 65.3 Å². The highest BCUT2D eigenvalue weighted by atomic mass is 35.5. The zero-order chi connectivity index (χ0) is 28.6. The molecular weight excluding hydrogens is 528 g/mol. The van der Waals surface area contributed by atoms with Crippen molar-refractivity contribution >= 4 is 35.1 Å². The number of aromatic nitrogens is 1. The molecule has 40 heavy (non-hydrogen) atoms. The van der Waals surface area contributed by atoms with Gasteiger partial charge in [-0.2, -0.15) is 0 Å². The Morgan fingerprint density at radius 3 is 2.27 bits per heavy atom. The fourth-order valence-corrected chi connectivity index (χ4v) is 5.45. The summed E-state index contributed by atoms with van der Waals surface area (Å²) < 4.78 is 5.50. The second-order valence-electron chi connectivity index (χ2n) is 11.4. The maximum atomic E-state index is 12.5. The van der Waals surface area contributed by atoms with Crippen molar-refractivity contribution in [1.82, 2.24) is 9.88 Å². The third-order valence-corrected chi connectivity index (χ3v) is 7.67. The maximum absolute atomic E-state index is 12.5. The molecule has 0 spiro atoms. The molecule has 2 amide bonds. The van der Waals surface area contributed by atoms with Crippen LogP contribution in [0.25, 0.3) is 22.3 Å². The number of hydrogen-bond donors (Lipinski definition) is 1. The fourth-order valence-electron chi connectivity index (χ4n) is 5.17. The molecule has 1 N–H and O–H groups in total. The van der Waals surface area contributed by atoms with Gasteiger partial charge in [0.05, 0.1) is 10.7 Å². The van der Waals surface area contributed by atoms with Gasteiger partial charge in [-0.25, -0.2) is 9.78 Å². The monoisotopic (exact) mass is 562 g/mol. The van der Waals surface area contributed by atoms with Gasteiger partial charge in [-0.05, 0) is 62.6 Å². The number of aromatic hydroxyl groups is 1. The standard InChI is InChI=1S/C31H35ClN4O4/c1-20-11-13-36(29(20)38)26-9-8-21(18-25(26)32)23-6-5-7-24(28(23)37)22-10-12-33-27(19-22)34-14-16-35(17-15-34)30(39)40-31(2,3)4/h5-10,12,18-20,37H,11,13-17H2,1-4H3. The van der Waals surface area contributed by atoms with E-state index in [9.17, 15) is 14.7 Å². The van der Waals surface area contributed by atoms with Crippen molar-refractivity contribution < 1.29 is 19.4 Å². The summed E-state index contributed by atoms with van der Waals surface area (Å²) in [7, 11) is 0. The van der Waals surface area contributed by atoms with E-state index in [1.54, 1.807) is 22.1 Å². The number of amides is 2. The summed E-state index contributed by atoms with van der Waals surface area (Å²) in [6, 6.07) is 15.0. The Bertz CT molecular complexity index is 1430. The lowest BCUT2D eigenvalue weighted by atomic mass is 9.97. The number of piperazine rings is 1. The number of rotatable bonds is 4. The average molecular weight is 563 g/mol. The molecule has 0 radical (unpaired) electrons. The fraction of sp³-hybridized carbons (Fsp3) is 0.387. The van der Waals surface area contributed by atoms with Crippen molar-refractivity contribution in [3.8, 4) is 28.0 Å². The van der Waals surface area contributed by atoms with Crippen molar-refractivity contribution in [2.45, 2.75) is 39.7 Å². The first-order chi connectivity index (χ1) is 19.0. The molecule has 2 fully saturated rings. The number of anilines is 2. The quantitative estimate of drug-likeness (QED) is 0.407. The van der Waals surface area contributed by atoms with Crippen LogP contribution >= 0.6 is 11.6 Å². The van der Waals surface area contributed by atoms with Gasteiger partial charge in [0.15, 0.2) is 0 Å². The van der Waals surface area contributed by atoms with Crippen LogP contribution in [0.4, 0.5) is 16.3 Å².